The molecule has 0 radical (unpaired) electrons. The number of phosphoric acid groups is 1. The number of nitrogens with one attached hydrogen (secondary N) is 2. The number of benzene rings is 2. The van der Waals surface area contributed by atoms with Gasteiger partial charge in [0.2, 0.25) is 11.8 Å². The predicted octanol–water partition coefficient (Wildman–Crippen LogP) is 1.38. The highest BCUT2D eigenvalue weighted by Gasteiger charge is 2.30. The Balaban J connectivity index is 1.79. The SMILES string of the molecule is Cc1cc(C)c(-c2cc(C)c(OP(=O)(O)OCCC[C@H](C(=O)O)N3CCN(CC(=O)NCC(=O)O)CCN(CP(=O)(O)O)CCN(CC(=O)NCC(=O)O)CC3)cc2C)c(C)c1. The average molecular weight is 915 g/mol. The Kier molecular flexibility index (Phi) is 20.1. The maximum Gasteiger partial charge on any atom is 0.527 e. The van der Waals surface area contributed by atoms with Crippen LogP contribution in [0.3, 0.4) is 0 Å². The Labute approximate surface area is 360 Å². The lowest BCUT2D eigenvalue weighted by molar-refractivity contribution is -0.144. The second-order valence-corrected chi connectivity index (χ2v) is 18.4. The Morgan fingerprint density at radius 3 is 1.63 bits per heavy atom. The highest BCUT2D eigenvalue weighted by Crippen LogP contribution is 2.46. The number of hydrogen-bond donors (Lipinski definition) is 8. The van der Waals surface area contributed by atoms with Crippen LogP contribution < -0.4 is 15.2 Å². The average Bonchev–Trinajstić information content (AvgIpc) is 3.14. The number of amides is 2. The molecule has 1 fully saturated rings. The number of phosphoric ester groups is 1. The van der Waals surface area contributed by atoms with Gasteiger partial charge in [-0.15, -0.1) is 0 Å². The van der Waals surface area contributed by atoms with Gasteiger partial charge >= 0.3 is 33.3 Å². The summed E-state index contributed by atoms with van der Waals surface area (Å²) in [7, 11) is -9.26. The van der Waals surface area contributed by atoms with Crippen LogP contribution in [0.25, 0.3) is 11.1 Å². The van der Waals surface area contributed by atoms with Gasteiger partial charge in [0.25, 0.3) is 0 Å². The van der Waals surface area contributed by atoms with E-state index in [1.165, 1.54) is 4.90 Å². The van der Waals surface area contributed by atoms with Gasteiger partial charge in [-0.25, -0.2) is 4.57 Å². The smallest absolute Gasteiger partial charge is 0.480 e. The molecule has 0 bridgehead atoms. The summed E-state index contributed by atoms with van der Waals surface area (Å²) in [6.07, 6.45) is -0.735. The number of carboxylic acid groups (broad SMARTS) is 3. The molecular formula is C39H60N6O15P2. The summed E-state index contributed by atoms with van der Waals surface area (Å²) in [6.45, 7) is 7.68. The molecule has 23 heteroatoms. The molecule has 0 spiro atoms. The molecule has 2 aromatic rings. The summed E-state index contributed by atoms with van der Waals surface area (Å²) in [5, 5.41) is 33.0. The third-order valence-electron chi connectivity index (χ3n) is 10.1. The first-order valence-corrected chi connectivity index (χ1v) is 23.2. The van der Waals surface area contributed by atoms with Crippen molar-refractivity contribution in [2.75, 3.05) is 91.4 Å². The molecule has 2 atom stereocenters. The van der Waals surface area contributed by atoms with Gasteiger partial charge < -0.3 is 40.3 Å². The Hall–Kier alpha value is -4.27. The number of aliphatic carboxylic acids is 3. The minimum absolute atomic E-state index is 0.00967. The number of carboxylic acids is 3. The molecule has 0 aromatic heterocycles. The van der Waals surface area contributed by atoms with Crippen LogP contribution in [0.5, 0.6) is 5.75 Å². The fourth-order valence-corrected chi connectivity index (χ4v) is 8.94. The molecule has 21 nitrogen and oxygen atoms in total. The third-order valence-corrected chi connectivity index (χ3v) is 11.9. The number of carbonyl (C=O) groups is 5. The summed E-state index contributed by atoms with van der Waals surface area (Å²) in [5.41, 5.74) is 6.73. The van der Waals surface area contributed by atoms with Crippen LogP contribution >= 0.6 is 15.4 Å². The standard InChI is InChI=1S/C39H60N6O15P2/c1-26-17-29(4)38(30(5)18-26)31-19-28(3)33(20-27(31)2)60-62(57,58)59-16-6-7-32(39(52)53)45-14-12-42(23-34(46)40-21-36(48)49)8-10-44(25-61(54,55)56)11-9-43(13-15-45)24-35(47)41-22-37(50)51/h17-20,32H,6-16,21-25H2,1-5H3,(H,40,46)(H,41,47)(H,48,49)(H,50,51)(H,52,53)(H,57,58)(H2,54,55,56)/t32-/m1/s1. The third kappa shape index (κ3) is 18.2. The van der Waals surface area contributed by atoms with Crippen molar-refractivity contribution in [1.82, 2.24) is 30.2 Å². The summed E-state index contributed by atoms with van der Waals surface area (Å²) < 4.78 is 35.9. The molecule has 1 aliphatic rings. The summed E-state index contributed by atoms with van der Waals surface area (Å²) in [5.74, 6) is -4.93. The Bertz CT molecular complexity index is 1940. The minimum atomic E-state index is -4.68. The highest BCUT2D eigenvalue weighted by molar-refractivity contribution is 7.51. The van der Waals surface area contributed by atoms with Gasteiger partial charge in [0.1, 0.15) is 31.2 Å². The number of hydrogen-bond acceptors (Lipinski definition) is 13. The van der Waals surface area contributed by atoms with Gasteiger partial charge in [0.05, 0.1) is 19.7 Å². The van der Waals surface area contributed by atoms with E-state index in [9.17, 15) is 52.9 Å². The van der Waals surface area contributed by atoms with E-state index in [-0.39, 0.29) is 90.6 Å². The molecule has 346 valence electrons. The summed E-state index contributed by atoms with van der Waals surface area (Å²) in [6, 6.07) is 6.52. The fourth-order valence-electron chi connectivity index (χ4n) is 7.28. The first-order valence-electron chi connectivity index (χ1n) is 19.9. The van der Waals surface area contributed by atoms with E-state index in [0.29, 0.717) is 5.56 Å². The van der Waals surface area contributed by atoms with Crippen molar-refractivity contribution in [1.29, 1.82) is 0 Å². The van der Waals surface area contributed by atoms with E-state index >= 15 is 0 Å². The molecule has 1 saturated heterocycles. The Morgan fingerprint density at radius 1 is 0.677 bits per heavy atom. The zero-order valence-corrected chi connectivity index (χ0v) is 37.5. The summed E-state index contributed by atoms with van der Waals surface area (Å²) in [4.78, 5) is 96.7. The van der Waals surface area contributed by atoms with E-state index in [1.54, 1.807) is 27.7 Å². The molecule has 2 amide bonds. The number of carbonyl (C=O) groups excluding carboxylic acids is 2. The molecule has 1 unspecified atom stereocenters. The number of aryl methyl sites for hydroxylation is 5. The number of nitrogens with zero attached hydrogens (tertiary/aromatic N) is 4. The highest BCUT2D eigenvalue weighted by atomic mass is 31.2. The topological polar surface area (TPSA) is 296 Å². The lowest BCUT2D eigenvalue weighted by Gasteiger charge is -2.36. The molecule has 1 aliphatic heterocycles. The quantitative estimate of drug-likeness (QED) is 0.0688. The first-order chi connectivity index (χ1) is 28.9. The van der Waals surface area contributed by atoms with Crippen molar-refractivity contribution in [2.24, 2.45) is 0 Å². The van der Waals surface area contributed by atoms with Crippen LogP contribution in [0.2, 0.25) is 0 Å². The second kappa shape index (κ2) is 24.0. The predicted molar refractivity (Wildman–Crippen MR) is 227 cm³/mol. The fraction of sp³-hybridized carbons (Fsp3) is 0.564. The van der Waals surface area contributed by atoms with Crippen molar-refractivity contribution >= 4 is 45.1 Å². The molecule has 62 heavy (non-hydrogen) atoms. The van der Waals surface area contributed by atoms with Gasteiger partial charge in [-0.05, 0) is 93.0 Å². The zero-order chi connectivity index (χ0) is 46.4. The van der Waals surface area contributed by atoms with Crippen LogP contribution in [0, 0.1) is 34.6 Å². The van der Waals surface area contributed by atoms with Crippen molar-refractivity contribution in [3.8, 4) is 16.9 Å². The maximum atomic E-state index is 13.2. The van der Waals surface area contributed by atoms with Crippen LogP contribution in [0.1, 0.15) is 40.7 Å². The van der Waals surface area contributed by atoms with Crippen LogP contribution in [-0.2, 0) is 37.6 Å². The normalized spacial score (nSPS) is 16.9. The molecule has 2 aromatic carbocycles. The number of rotatable bonds is 20. The second-order valence-electron chi connectivity index (χ2n) is 15.4. The molecule has 3 rings (SSSR count). The molecule has 1 heterocycles. The first kappa shape index (κ1) is 52.1. The van der Waals surface area contributed by atoms with Crippen molar-refractivity contribution in [3.63, 3.8) is 0 Å². The van der Waals surface area contributed by atoms with E-state index in [0.717, 1.165) is 33.4 Å². The van der Waals surface area contributed by atoms with Gasteiger partial charge in [0, 0.05) is 52.4 Å². The summed E-state index contributed by atoms with van der Waals surface area (Å²) >= 11 is 0. The van der Waals surface area contributed by atoms with Crippen molar-refractivity contribution in [3.05, 3.63) is 52.1 Å². The van der Waals surface area contributed by atoms with E-state index in [2.05, 4.69) is 22.8 Å². The minimum Gasteiger partial charge on any atom is -0.480 e. The lowest BCUT2D eigenvalue weighted by atomic mass is 9.90. The van der Waals surface area contributed by atoms with E-state index < -0.39 is 70.6 Å². The van der Waals surface area contributed by atoms with Crippen molar-refractivity contribution in [2.45, 2.75) is 53.5 Å². The van der Waals surface area contributed by atoms with Crippen LogP contribution in [0.4, 0.5) is 0 Å². The van der Waals surface area contributed by atoms with Gasteiger partial charge in [-0.2, -0.15) is 0 Å². The largest absolute Gasteiger partial charge is 0.527 e. The van der Waals surface area contributed by atoms with Gasteiger partial charge in [-0.3, -0.25) is 57.6 Å². The maximum absolute atomic E-state index is 13.2. The zero-order valence-electron chi connectivity index (χ0n) is 35.7. The van der Waals surface area contributed by atoms with Crippen molar-refractivity contribution < 1.29 is 72.2 Å². The lowest BCUT2D eigenvalue weighted by Crippen LogP contribution is -2.52. The molecular weight excluding hydrogens is 854 g/mol. The van der Waals surface area contributed by atoms with Crippen LogP contribution in [-0.4, -0.2) is 177 Å². The monoisotopic (exact) mass is 914 g/mol. The molecule has 8 N–H and O–H groups in total. The van der Waals surface area contributed by atoms with Crippen LogP contribution in [0.15, 0.2) is 24.3 Å². The Morgan fingerprint density at radius 2 is 1.16 bits per heavy atom. The van der Waals surface area contributed by atoms with E-state index in [1.807, 2.05) is 33.8 Å². The molecule has 0 saturated carbocycles. The van der Waals surface area contributed by atoms with E-state index in [4.69, 9.17) is 19.3 Å². The molecule has 0 aliphatic carbocycles. The van der Waals surface area contributed by atoms with Gasteiger partial charge in [0.15, 0.2) is 0 Å². The van der Waals surface area contributed by atoms with Gasteiger partial charge in [-0.1, -0.05) is 17.7 Å².